The molecule has 0 aromatic carbocycles. The zero-order valence-electron chi connectivity index (χ0n) is 12.1. The van der Waals surface area contributed by atoms with E-state index in [9.17, 15) is 4.79 Å². The molecular weight excluding hydrogens is 264 g/mol. The fraction of sp³-hybridized carbons (Fsp3) is 0.929. The van der Waals surface area contributed by atoms with Crippen LogP contribution in [0, 0.1) is 5.41 Å². The summed E-state index contributed by atoms with van der Waals surface area (Å²) in [6.07, 6.45) is 6.38. The second-order valence-corrected chi connectivity index (χ2v) is 5.73. The van der Waals surface area contributed by atoms with Gasteiger partial charge in [-0.1, -0.05) is 6.42 Å². The van der Waals surface area contributed by atoms with Crippen LogP contribution >= 0.6 is 12.4 Å². The fourth-order valence-electron chi connectivity index (χ4n) is 3.18. The number of likely N-dealkylation sites (tertiary alicyclic amines) is 1. The molecule has 2 rings (SSSR count). The van der Waals surface area contributed by atoms with Gasteiger partial charge in [0.15, 0.2) is 0 Å². The van der Waals surface area contributed by atoms with Gasteiger partial charge in [-0.15, -0.1) is 12.4 Å². The molecule has 0 unspecified atom stereocenters. The minimum absolute atomic E-state index is 0. The predicted molar refractivity (Wildman–Crippen MR) is 78.7 cm³/mol. The quantitative estimate of drug-likeness (QED) is 0.840. The summed E-state index contributed by atoms with van der Waals surface area (Å²) in [6.45, 7) is 2.54. The standard InChI is InChI=1S/C14H26N2O2.ClH/c1-15-12-4-9-16(10-5-12)13(17)14(6-3-7-14)8-11-18-2;/h12,15H,3-11H2,1-2H3;1H. The van der Waals surface area contributed by atoms with Gasteiger partial charge in [-0.3, -0.25) is 4.79 Å². The Morgan fingerprint density at radius 1 is 1.37 bits per heavy atom. The highest BCUT2D eigenvalue weighted by Gasteiger charge is 2.46. The minimum atomic E-state index is -0.0809. The summed E-state index contributed by atoms with van der Waals surface area (Å²) in [7, 11) is 3.73. The number of rotatable bonds is 5. The number of halogens is 1. The molecule has 1 aliphatic heterocycles. The number of amides is 1. The molecule has 2 fully saturated rings. The summed E-state index contributed by atoms with van der Waals surface area (Å²) in [5.74, 6) is 0.389. The van der Waals surface area contributed by atoms with Crippen LogP contribution in [0.4, 0.5) is 0 Å². The van der Waals surface area contributed by atoms with Crippen LogP contribution in [0.15, 0.2) is 0 Å². The lowest BCUT2D eigenvalue weighted by molar-refractivity contribution is -0.150. The maximum Gasteiger partial charge on any atom is 0.228 e. The Labute approximate surface area is 122 Å². The van der Waals surface area contributed by atoms with Gasteiger partial charge >= 0.3 is 0 Å². The Balaban J connectivity index is 0.00000180. The number of ether oxygens (including phenoxy) is 1. The van der Waals surface area contributed by atoms with Crippen molar-refractivity contribution in [1.82, 2.24) is 10.2 Å². The molecule has 1 heterocycles. The SMILES string of the molecule is CNC1CCN(C(=O)C2(CCOC)CCC2)CC1.Cl. The predicted octanol–water partition coefficient (Wildman–Crippen LogP) is 1.83. The van der Waals surface area contributed by atoms with Gasteiger partial charge in [0.2, 0.25) is 5.91 Å². The molecule has 1 saturated heterocycles. The molecule has 1 aliphatic carbocycles. The monoisotopic (exact) mass is 290 g/mol. The van der Waals surface area contributed by atoms with Gasteiger partial charge < -0.3 is 15.0 Å². The lowest BCUT2D eigenvalue weighted by Gasteiger charge is -2.45. The number of hydrogen-bond acceptors (Lipinski definition) is 3. The molecule has 0 atom stereocenters. The van der Waals surface area contributed by atoms with E-state index in [1.165, 1.54) is 6.42 Å². The Morgan fingerprint density at radius 3 is 2.42 bits per heavy atom. The molecule has 0 bridgehead atoms. The third-order valence-electron chi connectivity index (χ3n) is 4.74. The van der Waals surface area contributed by atoms with Gasteiger partial charge in [0, 0.05) is 32.8 Å². The van der Waals surface area contributed by atoms with Crippen LogP contribution in [0.3, 0.4) is 0 Å². The van der Waals surface area contributed by atoms with E-state index in [2.05, 4.69) is 10.2 Å². The summed E-state index contributed by atoms with van der Waals surface area (Å²) in [6, 6.07) is 0.588. The second-order valence-electron chi connectivity index (χ2n) is 5.73. The third kappa shape index (κ3) is 3.61. The van der Waals surface area contributed by atoms with E-state index in [0.29, 0.717) is 18.6 Å². The minimum Gasteiger partial charge on any atom is -0.385 e. The molecule has 1 N–H and O–H groups in total. The molecule has 112 valence electrons. The van der Waals surface area contributed by atoms with E-state index in [-0.39, 0.29) is 17.8 Å². The van der Waals surface area contributed by atoms with Crippen molar-refractivity contribution in [1.29, 1.82) is 0 Å². The van der Waals surface area contributed by atoms with Crippen molar-refractivity contribution in [2.45, 2.75) is 44.6 Å². The Kier molecular flexibility index (Phi) is 6.57. The lowest BCUT2D eigenvalue weighted by atomic mass is 9.65. The lowest BCUT2D eigenvalue weighted by Crippen LogP contribution is -2.52. The van der Waals surface area contributed by atoms with Crippen molar-refractivity contribution in [3.63, 3.8) is 0 Å². The first kappa shape index (κ1) is 16.7. The highest BCUT2D eigenvalue weighted by molar-refractivity contribution is 5.85. The molecule has 0 aromatic rings. The van der Waals surface area contributed by atoms with Crippen LogP contribution in [-0.2, 0) is 9.53 Å². The number of carbonyl (C=O) groups is 1. The summed E-state index contributed by atoms with van der Waals surface area (Å²) in [4.78, 5) is 14.7. The van der Waals surface area contributed by atoms with Crippen molar-refractivity contribution in [2.24, 2.45) is 5.41 Å². The van der Waals surface area contributed by atoms with Gasteiger partial charge in [-0.05, 0) is 39.2 Å². The molecule has 5 heteroatoms. The Bertz CT molecular complexity index is 287. The van der Waals surface area contributed by atoms with Gasteiger partial charge in [-0.25, -0.2) is 0 Å². The zero-order valence-corrected chi connectivity index (χ0v) is 12.9. The summed E-state index contributed by atoms with van der Waals surface area (Å²) in [5, 5.41) is 3.31. The topological polar surface area (TPSA) is 41.6 Å². The van der Waals surface area contributed by atoms with Gasteiger partial charge in [0.1, 0.15) is 0 Å². The van der Waals surface area contributed by atoms with Crippen LogP contribution in [0.1, 0.15) is 38.5 Å². The first-order valence-electron chi connectivity index (χ1n) is 7.17. The average molecular weight is 291 g/mol. The fourth-order valence-corrected chi connectivity index (χ4v) is 3.18. The Morgan fingerprint density at radius 2 is 2.00 bits per heavy atom. The summed E-state index contributed by atoms with van der Waals surface area (Å²) >= 11 is 0. The zero-order chi connectivity index (χ0) is 13.0. The van der Waals surface area contributed by atoms with Crippen molar-refractivity contribution in [3.8, 4) is 0 Å². The molecule has 19 heavy (non-hydrogen) atoms. The first-order chi connectivity index (χ1) is 8.72. The van der Waals surface area contributed by atoms with Crippen molar-refractivity contribution in [3.05, 3.63) is 0 Å². The highest BCUT2D eigenvalue weighted by Crippen LogP contribution is 2.45. The van der Waals surface area contributed by atoms with Crippen LogP contribution in [0.2, 0.25) is 0 Å². The number of methoxy groups -OCH3 is 1. The molecular formula is C14H27ClN2O2. The van der Waals surface area contributed by atoms with Gasteiger partial charge in [-0.2, -0.15) is 0 Å². The van der Waals surface area contributed by atoms with Crippen LogP contribution in [-0.4, -0.2) is 50.7 Å². The average Bonchev–Trinajstić information content (AvgIpc) is 2.37. The van der Waals surface area contributed by atoms with E-state index in [1.807, 2.05) is 7.05 Å². The van der Waals surface area contributed by atoms with Gasteiger partial charge in [0.25, 0.3) is 0 Å². The summed E-state index contributed by atoms with van der Waals surface area (Å²) < 4.78 is 5.16. The van der Waals surface area contributed by atoms with Crippen molar-refractivity contribution < 1.29 is 9.53 Å². The number of carbonyl (C=O) groups excluding carboxylic acids is 1. The van der Waals surface area contributed by atoms with E-state index in [4.69, 9.17) is 4.74 Å². The van der Waals surface area contributed by atoms with Crippen molar-refractivity contribution >= 4 is 18.3 Å². The number of hydrogen-bond donors (Lipinski definition) is 1. The third-order valence-corrected chi connectivity index (χ3v) is 4.74. The molecule has 0 aromatic heterocycles. The van der Waals surface area contributed by atoms with Crippen molar-refractivity contribution in [2.75, 3.05) is 33.9 Å². The largest absolute Gasteiger partial charge is 0.385 e. The van der Waals surface area contributed by atoms with Crippen LogP contribution in [0.25, 0.3) is 0 Å². The van der Waals surface area contributed by atoms with E-state index < -0.39 is 0 Å². The van der Waals surface area contributed by atoms with E-state index in [1.54, 1.807) is 7.11 Å². The smallest absolute Gasteiger partial charge is 0.228 e. The van der Waals surface area contributed by atoms with Crippen LogP contribution < -0.4 is 5.32 Å². The van der Waals surface area contributed by atoms with E-state index >= 15 is 0 Å². The van der Waals surface area contributed by atoms with Crippen LogP contribution in [0.5, 0.6) is 0 Å². The maximum absolute atomic E-state index is 12.7. The Hall–Kier alpha value is -0.320. The molecule has 2 aliphatic rings. The normalized spacial score (nSPS) is 22.5. The molecule has 4 nitrogen and oxygen atoms in total. The number of nitrogens with zero attached hydrogens (tertiary/aromatic N) is 1. The van der Waals surface area contributed by atoms with Gasteiger partial charge in [0.05, 0.1) is 5.41 Å². The van der Waals surface area contributed by atoms with E-state index in [0.717, 1.165) is 45.2 Å². The highest BCUT2D eigenvalue weighted by atomic mass is 35.5. The number of nitrogens with one attached hydrogen (secondary N) is 1. The maximum atomic E-state index is 12.7. The molecule has 0 spiro atoms. The molecule has 1 amide bonds. The summed E-state index contributed by atoms with van der Waals surface area (Å²) in [5.41, 5.74) is -0.0809. The number of piperidine rings is 1. The second kappa shape index (κ2) is 7.46. The molecule has 1 saturated carbocycles. The first-order valence-corrected chi connectivity index (χ1v) is 7.17. The molecule has 0 radical (unpaired) electrons.